The standard InChI is InChI=1S/C9H5F3N2O3S2/c10-9(11,12)19(16)14-8(15)6-4-5(13-17-6)7-2-1-3-18-7/h1-4H,(H,14,15). The first-order valence-electron chi connectivity index (χ1n) is 4.68. The van der Waals surface area contributed by atoms with Gasteiger partial charge in [-0.15, -0.1) is 11.3 Å². The topological polar surface area (TPSA) is 72.2 Å². The largest absolute Gasteiger partial charge is 0.490 e. The lowest BCUT2D eigenvalue weighted by molar-refractivity contribution is -0.0393. The van der Waals surface area contributed by atoms with E-state index in [1.54, 1.807) is 17.5 Å². The first-order valence-corrected chi connectivity index (χ1v) is 6.71. The van der Waals surface area contributed by atoms with Crippen molar-refractivity contribution in [3.63, 3.8) is 0 Å². The Labute approximate surface area is 111 Å². The zero-order valence-corrected chi connectivity index (χ0v) is 10.6. The molecule has 0 aliphatic rings. The Morgan fingerprint density at radius 1 is 1.47 bits per heavy atom. The third-order valence-electron chi connectivity index (χ3n) is 1.90. The molecule has 0 radical (unpaired) electrons. The molecule has 1 atom stereocenters. The third kappa shape index (κ3) is 3.20. The van der Waals surface area contributed by atoms with E-state index in [2.05, 4.69) is 9.68 Å². The molecular formula is C9H5F3N2O3S2. The molecule has 2 heterocycles. The van der Waals surface area contributed by atoms with E-state index in [0.717, 1.165) is 0 Å². The molecule has 0 spiro atoms. The summed E-state index contributed by atoms with van der Waals surface area (Å²) in [6.45, 7) is 0. The van der Waals surface area contributed by atoms with E-state index >= 15 is 0 Å². The maximum absolute atomic E-state index is 12.0. The number of alkyl halides is 3. The number of hydrogen-bond donors (Lipinski definition) is 1. The van der Waals surface area contributed by atoms with Crippen molar-refractivity contribution in [3.8, 4) is 10.6 Å². The lowest BCUT2D eigenvalue weighted by Gasteiger charge is -2.05. The van der Waals surface area contributed by atoms with E-state index < -0.39 is 28.2 Å². The van der Waals surface area contributed by atoms with Crippen LogP contribution in [0.4, 0.5) is 13.2 Å². The predicted octanol–water partition coefficient (Wildman–Crippen LogP) is 2.32. The molecule has 0 bridgehead atoms. The molecule has 0 aliphatic carbocycles. The van der Waals surface area contributed by atoms with Gasteiger partial charge in [-0.2, -0.15) is 13.2 Å². The molecule has 2 aromatic heterocycles. The number of hydrogen-bond acceptors (Lipinski definition) is 5. The second-order valence-corrected chi connectivity index (χ2v) is 5.35. The van der Waals surface area contributed by atoms with Crippen LogP contribution in [0.1, 0.15) is 10.6 Å². The van der Waals surface area contributed by atoms with Crippen LogP contribution in [0, 0.1) is 0 Å². The first kappa shape index (κ1) is 13.7. The number of carbonyl (C=O) groups is 1. The summed E-state index contributed by atoms with van der Waals surface area (Å²) in [6, 6.07) is 4.62. The Kier molecular flexibility index (Phi) is 3.71. The zero-order chi connectivity index (χ0) is 14.0. The fraction of sp³-hybridized carbons (Fsp3) is 0.111. The third-order valence-corrected chi connectivity index (χ3v) is 3.59. The van der Waals surface area contributed by atoms with E-state index in [-0.39, 0.29) is 0 Å². The van der Waals surface area contributed by atoms with Gasteiger partial charge in [0.05, 0.1) is 4.88 Å². The first-order chi connectivity index (χ1) is 8.88. The highest BCUT2D eigenvalue weighted by Crippen LogP contribution is 2.24. The van der Waals surface area contributed by atoms with Gasteiger partial charge < -0.3 is 4.52 Å². The summed E-state index contributed by atoms with van der Waals surface area (Å²) < 4.78 is 52.5. The average Bonchev–Trinajstić information content (AvgIpc) is 2.98. The van der Waals surface area contributed by atoms with Crippen LogP contribution in [0.2, 0.25) is 0 Å². The minimum atomic E-state index is -5.02. The Hall–Kier alpha value is -1.68. The number of amides is 1. The quantitative estimate of drug-likeness (QED) is 0.944. The summed E-state index contributed by atoms with van der Waals surface area (Å²) >= 11 is 1.33. The van der Waals surface area contributed by atoms with Gasteiger partial charge in [-0.1, -0.05) is 11.2 Å². The van der Waals surface area contributed by atoms with Gasteiger partial charge in [0.1, 0.15) is 5.69 Å². The van der Waals surface area contributed by atoms with Crippen LogP contribution in [0.3, 0.4) is 0 Å². The number of aromatic nitrogens is 1. The fourth-order valence-electron chi connectivity index (χ4n) is 1.12. The van der Waals surface area contributed by atoms with Crippen molar-refractivity contribution in [2.45, 2.75) is 5.51 Å². The molecule has 0 saturated heterocycles. The summed E-state index contributed by atoms with van der Waals surface area (Å²) in [4.78, 5) is 12.0. The Morgan fingerprint density at radius 3 is 2.79 bits per heavy atom. The van der Waals surface area contributed by atoms with Crippen LogP contribution in [0.15, 0.2) is 28.1 Å². The highest BCUT2D eigenvalue weighted by Gasteiger charge is 2.39. The van der Waals surface area contributed by atoms with Gasteiger partial charge in [0.2, 0.25) is 16.7 Å². The molecule has 1 N–H and O–H groups in total. The molecule has 10 heteroatoms. The molecular weight excluding hydrogens is 305 g/mol. The monoisotopic (exact) mass is 310 g/mol. The zero-order valence-electron chi connectivity index (χ0n) is 8.93. The summed E-state index contributed by atoms with van der Waals surface area (Å²) in [6.07, 6.45) is 0. The van der Waals surface area contributed by atoms with Crippen molar-refractivity contribution in [1.82, 2.24) is 9.88 Å². The molecule has 0 aromatic carbocycles. The maximum atomic E-state index is 12.0. The van der Waals surface area contributed by atoms with E-state index in [1.165, 1.54) is 22.1 Å². The molecule has 0 aliphatic heterocycles. The second-order valence-electron chi connectivity index (χ2n) is 3.20. The number of nitrogens with one attached hydrogen (secondary N) is 1. The van der Waals surface area contributed by atoms with Gasteiger partial charge in [-0.25, -0.2) is 4.21 Å². The summed E-state index contributed by atoms with van der Waals surface area (Å²) in [5.41, 5.74) is -4.70. The number of nitrogens with zero attached hydrogens (tertiary/aromatic N) is 1. The summed E-state index contributed by atoms with van der Waals surface area (Å²) in [5, 5.41) is 5.31. The maximum Gasteiger partial charge on any atom is 0.490 e. The number of carbonyl (C=O) groups excluding carboxylic acids is 1. The summed E-state index contributed by atoms with van der Waals surface area (Å²) in [7, 11) is -3.48. The second kappa shape index (κ2) is 5.13. The van der Waals surface area contributed by atoms with Crippen LogP contribution < -0.4 is 4.72 Å². The Balaban J connectivity index is 2.11. The van der Waals surface area contributed by atoms with Crippen molar-refractivity contribution in [1.29, 1.82) is 0 Å². The van der Waals surface area contributed by atoms with Gasteiger partial charge in [-0.3, -0.25) is 9.52 Å². The van der Waals surface area contributed by atoms with Gasteiger partial charge >= 0.3 is 11.4 Å². The van der Waals surface area contributed by atoms with Gasteiger partial charge in [0, 0.05) is 6.07 Å². The molecule has 0 saturated carbocycles. The molecule has 0 fully saturated rings. The number of thiophene rings is 1. The van der Waals surface area contributed by atoms with E-state index in [9.17, 15) is 22.2 Å². The van der Waals surface area contributed by atoms with Gasteiger partial charge in [0.25, 0.3) is 0 Å². The minimum absolute atomic E-state index is 0.318. The molecule has 2 rings (SSSR count). The van der Waals surface area contributed by atoms with Crippen LogP contribution in [-0.2, 0) is 11.0 Å². The molecule has 5 nitrogen and oxygen atoms in total. The molecule has 1 unspecified atom stereocenters. The van der Waals surface area contributed by atoms with Crippen molar-refractivity contribution in [2.24, 2.45) is 0 Å². The van der Waals surface area contributed by atoms with Crippen molar-refractivity contribution < 1.29 is 26.7 Å². The number of halogens is 3. The van der Waals surface area contributed by atoms with E-state index in [4.69, 9.17) is 0 Å². The highest BCUT2D eigenvalue weighted by molar-refractivity contribution is 7.84. The SMILES string of the molecule is O=C(NS(=O)C(F)(F)F)c1cc(-c2cccs2)no1. The van der Waals surface area contributed by atoms with Crippen molar-refractivity contribution >= 4 is 28.2 Å². The van der Waals surface area contributed by atoms with Crippen LogP contribution in [0.25, 0.3) is 10.6 Å². The molecule has 102 valence electrons. The van der Waals surface area contributed by atoms with Crippen LogP contribution in [-0.4, -0.2) is 20.8 Å². The smallest absolute Gasteiger partial charge is 0.350 e. The van der Waals surface area contributed by atoms with E-state index in [1.807, 2.05) is 0 Å². The fourth-order valence-corrected chi connectivity index (χ4v) is 2.18. The van der Waals surface area contributed by atoms with Gasteiger partial charge in [-0.05, 0) is 11.4 Å². The van der Waals surface area contributed by atoms with E-state index in [0.29, 0.717) is 10.6 Å². The molecule has 19 heavy (non-hydrogen) atoms. The normalized spacial score (nSPS) is 13.2. The predicted molar refractivity (Wildman–Crippen MR) is 61.5 cm³/mol. The highest BCUT2D eigenvalue weighted by atomic mass is 32.2. The Morgan fingerprint density at radius 2 is 2.21 bits per heavy atom. The lowest BCUT2D eigenvalue weighted by Crippen LogP contribution is -2.34. The van der Waals surface area contributed by atoms with Crippen LogP contribution >= 0.6 is 11.3 Å². The minimum Gasteiger partial charge on any atom is -0.350 e. The summed E-state index contributed by atoms with van der Waals surface area (Å²) in [5.74, 6) is -1.69. The number of rotatable bonds is 3. The molecule has 2 aromatic rings. The Bertz CT molecular complexity index is 607. The van der Waals surface area contributed by atoms with Crippen molar-refractivity contribution in [2.75, 3.05) is 0 Å². The molecule has 1 amide bonds. The van der Waals surface area contributed by atoms with Crippen molar-refractivity contribution in [3.05, 3.63) is 29.3 Å². The average molecular weight is 310 g/mol. The lowest BCUT2D eigenvalue weighted by atomic mass is 10.3. The van der Waals surface area contributed by atoms with Gasteiger partial charge in [0.15, 0.2) is 0 Å². The van der Waals surface area contributed by atoms with Crippen LogP contribution in [0.5, 0.6) is 0 Å².